The zero-order valence-electron chi connectivity index (χ0n) is 17.2. The smallest absolute Gasteiger partial charge is 0.267 e. The third-order valence-corrected chi connectivity index (χ3v) is 5.03. The van der Waals surface area contributed by atoms with Crippen molar-refractivity contribution >= 4 is 11.8 Å². The van der Waals surface area contributed by atoms with E-state index in [9.17, 15) is 9.59 Å². The molecular weight excluding hydrogens is 394 g/mol. The molecule has 2 aromatic heterocycles. The van der Waals surface area contributed by atoms with Crippen molar-refractivity contribution in [3.8, 4) is 29.0 Å². The van der Waals surface area contributed by atoms with Crippen LogP contribution in [0.3, 0.4) is 0 Å². The van der Waals surface area contributed by atoms with Gasteiger partial charge in [-0.3, -0.25) is 9.59 Å². The van der Waals surface area contributed by atoms with E-state index in [4.69, 9.17) is 11.5 Å². The van der Waals surface area contributed by atoms with Gasteiger partial charge < -0.3 is 16.4 Å². The van der Waals surface area contributed by atoms with Crippen LogP contribution in [0.2, 0.25) is 0 Å². The molecule has 0 bridgehead atoms. The highest BCUT2D eigenvalue weighted by molar-refractivity contribution is 5.92. The molecule has 9 nitrogen and oxygen atoms in total. The predicted molar refractivity (Wildman–Crippen MR) is 114 cm³/mol. The molecular formula is C22H21N7O2. The number of nitrogens with two attached hydrogens (primary N) is 2. The van der Waals surface area contributed by atoms with Crippen molar-refractivity contribution in [2.75, 3.05) is 13.6 Å². The van der Waals surface area contributed by atoms with E-state index in [0.29, 0.717) is 35.7 Å². The molecule has 0 spiro atoms. The Hall–Kier alpha value is -4.03. The van der Waals surface area contributed by atoms with E-state index in [1.54, 1.807) is 53.3 Å². The lowest BCUT2D eigenvalue weighted by atomic mass is 9.99. The molecule has 1 aromatic carbocycles. The topological polar surface area (TPSA) is 133 Å². The maximum Gasteiger partial charge on any atom is 0.267 e. The second-order valence-electron chi connectivity index (χ2n) is 7.54. The van der Waals surface area contributed by atoms with Gasteiger partial charge in [0.2, 0.25) is 0 Å². The molecule has 4 N–H and O–H groups in total. The van der Waals surface area contributed by atoms with E-state index >= 15 is 0 Å². The monoisotopic (exact) mass is 415 g/mol. The molecule has 2 amide bonds. The molecule has 9 heteroatoms. The molecule has 1 aliphatic heterocycles. The normalized spacial score (nSPS) is 18.0. The van der Waals surface area contributed by atoms with E-state index in [1.165, 1.54) is 6.07 Å². The molecule has 3 heterocycles. The molecule has 156 valence electrons. The van der Waals surface area contributed by atoms with Crippen molar-refractivity contribution in [3.63, 3.8) is 0 Å². The van der Waals surface area contributed by atoms with Crippen LogP contribution in [0.15, 0.2) is 42.7 Å². The minimum atomic E-state index is -1.18. The summed E-state index contributed by atoms with van der Waals surface area (Å²) in [4.78, 5) is 34.4. The van der Waals surface area contributed by atoms with E-state index in [-0.39, 0.29) is 11.6 Å². The highest BCUT2D eigenvalue weighted by Gasteiger charge is 2.40. The number of rotatable bonds is 3. The van der Waals surface area contributed by atoms with Crippen LogP contribution >= 0.6 is 0 Å². The van der Waals surface area contributed by atoms with Crippen molar-refractivity contribution in [3.05, 3.63) is 59.5 Å². The van der Waals surface area contributed by atoms with Gasteiger partial charge in [0.25, 0.3) is 11.8 Å². The fourth-order valence-electron chi connectivity index (χ4n) is 3.27. The Morgan fingerprint density at radius 2 is 2.06 bits per heavy atom. The number of carbonyl (C=O) groups is 2. The van der Waals surface area contributed by atoms with Gasteiger partial charge in [-0.2, -0.15) is 5.10 Å². The van der Waals surface area contributed by atoms with Crippen LogP contribution in [0, 0.1) is 18.8 Å². The van der Waals surface area contributed by atoms with Crippen LogP contribution in [-0.4, -0.2) is 55.6 Å². The summed E-state index contributed by atoms with van der Waals surface area (Å²) in [6.07, 6.45) is 3.95. The molecule has 0 aliphatic carbocycles. The van der Waals surface area contributed by atoms with Gasteiger partial charge >= 0.3 is 0 Å². The molecule has 0 radical (unpaired) electrons. The van der Waals surface area contributed by atoms with E-state index in [0.717, 1.165) is 5.56 Å². The van der Waals surface area contributed by atoms with Crippen molar-refractivity contribution < 1.29 is 9.59 Å². The van der Waals surface area contributed by atoms with Crippen LogP contribution in [0.1, 0.15) is 28.0 Å². The maximum absolute atomic E-state index is 12.2. The fraction of sp³-hybridized carbons (Fsp3) is 0.227. The second-order valence-corrected chi connectivity index (χ2v) is 7.54. The standard InChI is InChI=1S/C22H21N7O2/c1-14-12-25-29(13-14)18-11-17(19(23)30)26-20(27-18)16-5-3-4-15(10-16)6-7-22(24)8-9-28(2)21(22)31/h3-5,10-13H,8-9,24H2,1-2H3,(H2,23,30)/t22-/m0/s1. The molecule has 4 rings (SSSR count). The van der Waals surface area contributed by atoms with Crippen LogP contribution in [0.4, 0.5) is 0 Å². The lowest BCUT2D eigenvalue weighted by Crippen LogP contribution is -2.45. The van der Waals surface area contributed by atoms with E-state index in [1.807, 2.05) is 6.92 Å². The Bertz CT molecular complexity index is 1250. The molecule has 0 unspecified atom stereocenters. The van der Waals surface area contributed by atoms with Gasteiger partial charge in [-0.1, -0.05) is 24.0 Å². The van der Waals surface area contributed by atoms with Gasteiger partial charge in [-0.05, 0) is 24.6 Å². The predicted octanol–water partition coefficient (Wildman–Crippen LogP) is 0.648. The molecule has 1 fully saturated rings. The zero-order chi connectivity index (χ0) is 22.2. The third-order valence-electron chi connectivity index (χ3n) is 5.03. The summed E-state index contributed by atoms with van der Waals surface area (Å²) < 4.78 is 1.55. The molecule has 1 saturated heterocycles. The number of aromatic nitrogens is 4. The first kappa shape index (κ1) is 20.3. The second kappa shape index (κ2) is 7.66. The number of carbonyl (C=O) groups excluding carboxylic acids is 2. The Morgan fingerprint density at radius 1 is 1.26 bits per heavy atom. The first-order chi connectivity index (χ1) is 14.7. The average Bonchev–Trinajstić information content (AvgIpc) is 3.31. The first-order valence-corrected chi connectivity index (χ1v) is 9.64. The quantitative estimate of drug-likeness (QED) is 0.604. The Kier molecular flexibility index (Phi) is 5.01. The van der Waals surface area contributed by atoms with E-state index in [2.05, 4.69) is 26.9 Å². The Morgan fingerprint density at radius 3 is 2.71 bits per heavy atom. The number of likely N-dealkylation sites (N-methyl/N-ethyl adjacent to an activating group) is 1. The lowest BCUT2D eigenvalue weighted by Gasteiger charge is -2.14. The molecule has 1 atom stereocenters. The van der Waals surface area contributed by atoms with Crippen LogP contribution < -0.4 is 11.5 Å². The number of nitrogens with zero attached hydrogens (tertiary/aromatic N) is 5. The lowest BCUT2D eigenvalue weighted by molar-refractivity contribution is -0.129. The summed E-state index contributed by atoms with van der Waals surface area (Å²) in [5.74, 6) is 5.77. The van der Waals surface area contributed by atoms with Gasteiger partial charge in [0.1, 0.15) is 5.69 Å². The number of aryl methyl sites for hydroxylation is 1. The molecule has 31 heavy (non-hydrogen) atoms. The largest absolute Gasteiger partial charge is 0.364 e. The number of likely N-dealkylation sites (tertiary alicyclic amines) is 1. The Labute approximate surface area is 179 Å². The summed E-state index contributed by atoms with van der Waals surface area (Å²) in [7, 11) is 1.71. The third kappa shape index (κ3) is 4.01. The van der Waals surface area contributed by atoms with Crippen LogP contribution in [0.5, 0.6) is 0 Å². The minimum absolute atomic E-state index is 0.0742. The first-order valence-electron chi connectivity index (χ1n) is 9.64. The maximum atomic E-state index is 12.2. The van der Waals surface area contributed by atoms with Crippen molar-refractivity contribution in [2.24, 2.45) is 11.5 Å². The minimum Gasteiger partial charge on any atom is -0.364 e. The van der Waals surface area contributed by atoms with Gasteiger partial charge in [0.05, 0.1) is 6.20 Å². The van der Waals surface area contributed by atoms with Gasteiger partial charge in [0, 0.05) is 43.4 Å². The fourth-order valence-corrected chi connectivity index (χ4v) is 3.27. The number of hydrogen-bond donors (Lipinski definition) is 2. The summed E-state index contributed by atoms with van der Waals surface area (Å²) >= 11 is 0. The summed E-state index contributed by atoms with van der Waals surface area (Å²) in [6.45, 7) is 2.48. The highest BCUT2D eigenvalue weighted by atomic mass is 16.2. The number of amides is 2. The SMILES string of the molecule is Cc1cnn(-c2cc(C(N)=O)nc(-c3cccc(C#C[C@]4(N)CCN(C)C4=O)c3)n2)c1. The van der Waals surface area contributed by atoms with Crippen LogP contribution in [-0.2, 0) is 4.79 Å². The van der Waals surface area contributed by atoms with Crippen LogP contribution in [0.25, 0.3) is 17.2 Å². The van der Waals surface area contributed by atoms with Gasteiger partial charge in [-0.15, -0.1) is 0 Å². The van der Waals surface area contributed by atoms with Crippen molar-refractivity contribution in [1.82, 2.24) is 24.6 Å². The van der Waals surface area contributed by atoms with Gasteiger partial charge in [0.15, 0.2) is 17.2 Å². The van der Waals surface area contributed by atoms with E-state index < -0.39 is 11.4 Å². The molecule has 1 aliphatic rings. The summed E-state index contributed by atoms with van der Waals surface area (Å²) in [5.41, 5.74) is 12.8. The molecule has 0 saturated carbocycles. The van der Waals surface area contributed by atoms with Gasteiger partial charge in [-0.25, -0.2) is 14.6 Å². The number of hydrogen-bond acceptors (Lipinski definition) is 6. The highest BCUT2D eigenvalue weighted by Crippen LogP contribution is 2.21. The van der Waals surface area contributed by atoms with Crippen molar-refractivity contribution in [1.29, 1.82) is 0 Å². The average molecular weight is 415 g/mol. The Balaban J connectivity index is 1.73. The number of primary amides is 1. The summed E-state index contributed by atoms with van der Waals surface area (Å²) in [5, 5.41) is 4.24. The molecule has 3 aromatic rings. The summed E-state index contributed by atoms with van der Waals surface area (Å²) in [6, 6.07) is 8.66. The van der Waals surface area contributed by atoms with Crippen molar-refractivity contribution in [2.45, 2.75) is 18.9 Å². The number of benzene rings is 1. The zero-order valence-corrected chi connectivity index (χ0v) is 17.2.